The van der Waals surface area contributed by atoms with Crippen LogP contribution < -0.4 is 5.32 Å². The molecule has 102 valence electrons. The Kier molecular flexibility index (Phi) is 4.16. The SMILES string of the molecule is O=C(O)c1ccccc1C(=O)N[C@H]1CCCC[C@@H]1O. The third-order valence-corrected chi connectivity index (χ3v) is 3.45. The molecule has 0 unspecified atom stereocenters. The second-order valence-corrected chi connectivity index (χ2v) is 4.78. The number of carboxylic acids is 1. The molecular formula is C14H17NO4. The number of benzene rings is 1. The Morgan fingerprint density at radius 3 is 2.37 bits per heavy atom. The van der Waals surface area contributed by atoms with Crippen molar-refractivity contribution >= 4 is 11.9 Å². The number of amides is 1. The first kappa shape index (κ1) is 13.5. The highest BCUT2D eigenvalue weighted by Crippen LogP contribution is 2.19. The molecule has 2 rings (SSSR count). The van der Waals surface area contributed by atoms with Crippen molar-refractivity contribution in [1.82, 2.24) is 5.32 Å². The van der Waals surface area contributed by atoms with Crippen LogP contribution in [-0.4, -0.2) is 34.2 Å². The van der Waals surface area contributed by atoms with Gasteiger partial charge in [-0.15, -0.1) is 0 Å². The highest BCUT2D eigenvalue weighted by Gasteiger charge is 2.26. The Bertz CT molecular complexity index is 486. The Hall–Kier alpha value is -1.88. The summed E-state index contributed by atoms with van der Waals surface area (Å²) in [5.41, 5.74) is 0.109. The molecule has 0 heterocycles. The molecule has 0 aliphatic heterocycles. The molecule has 1 fully saturated rings. The number of aliphatic hydroxyl groups is 1. The summed E-state index contributed by atoms with van der Waals surface area (Å²) < 4.78 is 0. The molecule has 5 heteroatoms. The molecule has 0 aromatic heterocycles. The van der Waals surface area contributed by atoms with E-state index in [4.69, 9.17) is 5.11 Å². The quantitative estimate of drug-likeness (QED) is 0.769. The summed E-state index contributed by atoms with van der Waals surface area (Å²) in [4.78, 5) is 23.2. The predicted octanol–water partition coefficient (Wildman–Crippen LogP) is 1.42. The fourth-order valence-electron chi connectivity index (χ4n) is 2.39. The van der Waals surface area contributed by atoms with Crippen LogP contribution in [0.4, 0.5) is 0 Å². The van der Waals surface area contributed by atoms with Crippen molar-refractivity contribution in [3.05, 3.63) is 35.4 Å². The number of nitrogens with one attached hydrogen (secondary N) is 1. The summed E-state index contributed by atoms with van der Waals surface area (Å²) in [6.45, 7) is 0. The van der Waals surface area contributed by atoms with E-state index in [0.717, 1.165) is 19.3 Å². The monoisotopic (exact) mass is 263 g/mol. The minimum atomic E-state index is -1.13. The largest absolute Gasteiger partial charge is 0.478 e. The molecule has 1 saturated carbocycles. The minimum absolute atomic E-state index is 0.0229. The number of hydrogen-bond acceptors (Lipinski definition) is 3. The van der Waals surface area contributed by atoms with Gasteiger partial charge in [0, 0.05) is 0 Å². The lowest BCUT2D eigenvalue weighted by Crippen LogP contribution is -2.45. The second kappa shape index (κ2) is 5.84. The van der Waals surface area contributed by atoms with E-state index in [-0.39, 0.29) is 17.2 Å². The third kappa shape index (κ3) is 3.12. The molecule has 2 atom stereocenters. The molecule has 3 N–H and O–H groups in total. The number of rotatable bonds is 3. The van der Waals surface area contributed by atoms with Gasteiger partial charge < -0.3 is 15.5 Å². The first-order valence-corrected chi connectivity index (χ1v) is 6.41. The molecule has 0 spiro atoms. The standard InChI is InChI=1S/C14H17NO4/c16-12-8-4-3-7-11(12)15-13(17)9-5-1-2-6-10(9)14(18)19/h1-2,5-6,11-12,16H,3-4,7-8H2,(H,15,17)(H,18,19)/t11-,12-/m0/s1. The second-order valence-electron chi connectivity index (χ2n) is 4.78. The van der Waals surface area contributed by atoms with Crippen LogP contribution in [0.5, 0.6) is 0 Å². The number of hydrogen-bond donors (Lipinski definition) is 3. The summed E-state index contributed by atoms with van der Waals surface area (Å²) in [5, 5.41) is 21.6. The highest BCUT2D eigenvalue weighted by atomic mass is 16.4. The average Bonchev–Trinajstić information content (AvgIpc) is 2.41. The van der Waals surface area contributed by atoms with Gasteiger partial charge in [0.2, 0.25) is 0 Å². The summed E-state index contributed by atoms with van der Waals surface area (Å²) >= 11 is 0. The minimum Gasteiger partial charge on any atom is -0.478 e. The van der Waals surface area contributed by atoms with Gasteiger partial charge in [0.15, 0.2) is 0 Å². The van der Waals surface area contributed by atoms with Crippen molar-refractivity contribution < 1.29 is 19.8 Å². The van der Waals surface area contributed by atoms with E-state index >= 15 is 0 Å². The van der Waals surface area contributed by atoms with Gasteiger partial charge in [0.05, 0.1) is 23.3 Å². The number of carboxylic acid groups (broad SMARTS) is 1. The molecule has 0 bridgehead atoms. The van der Waals surface area contributed by atoms with Crippen LogP contribution in [0.1, 0.15) is 46.4 Å². The number of carbonyl (C=O) groups excluding carboxylic acids is 1. The van der Waals surface area contributed by atoms with Crippen LogP contribution in [0.3, 0.4) is 0 Å². The molecule has 0 saturated heterocycles. The van der Waals surface area contributed by atoms with Crippen molar-refractivity contribution in [3.63, 3.8) is 0 Å². The van der Waals surface area contributed by atoms with Gasteiger partial charge >= 0.3 is 5.97 Å². The van der Waals surface area contributed by atoms with Crippen molar-refractivity contribution in [2.45, 2.75) is 37.8 Å². The van der Waals surface area contributed by atoms with Crippen LogP contribution >= 0.6 is 0 Å². The van der Waals surface area contributed by atoms with E-state index < -0.39 is 18.0 Å². The van der Waals surface area contributed by atoms with Crippen LogP contribution in [0.2, 0.25) is 0 Å². The zero-order valence-electron chi connectivity index (χ0n) is 10.5. The van der Waals surface area contributed by atoms with E-state index in [1.165, 1.54) is 12.1 Å². The fourth-order valence-corrected chi connectivity index (χ4v) is 2.39. The molecule has 1 amide bonds. The van der Waals surface area contributed by atoms with Gasteiger partial charge in [-0.2, -0.15) is 0 Å². The predicted molar refractivity (Wildman–Crippen MR) is 69.1 cm³/mol. The van der Waals surface area contributed by atoms with Crippen LogP contribution in [0.15, 0.2) is 24.3 Å². The molecule has 1 aromatic carbocycles. The summed E-state index contributed by atoms with van der Waals surface area (Å²) in [6.07, 6.45) is 2.77. The molecule has 1 aliphatic rings. The van der Waals surface area contributed by atoms with Gasteiger partial charge in [0.25, 0.3) is 5.91 Å². The lowest BCUT2D eigenvalue weighted by Gasteiger charge is -2.28. The molecule has 1 aromatic rings. The normalized spacial score (nSPS) is 22.8. The summed E-state index contributed by atoms with van der Waals surface area (Å²) in [6, 6.07) is 5.79. The maximum atomic E-state index is 12.1. The molecule has 19 heavy (non-hydrogen) atoms. The highest BCUT2D eigenvalue weighted by molar-refractivity contribution is 6.04. The Morgan fingerprint density at radius 1 is 1.11 bits per heavy atom. The molecular weight excluding hydrogens is 246 g/mol. The Morgan fingerprint density at radius 2 is 1.74 bits per heavy atom. The zero-order valence-corrected chi connectivity index (χ0v) is 10.5. The van der Waals surface area contributed by atoms with Crippen molar-refractivity contribution in [2.75, 3.05) is 0 Å². The van der Waals surface area contributed by atoms with Crippen molar-refractivity contribution in [2.24, 2.45) is 0 Å². The van der Waals surface area contributed by atoms with E-state index in [1.54, 1.807) is 12.1 Å². The van der Waals surface area contributed by atoms with Gasteiger partial charge in [0.1, 0.15) is 0 Å². The first-order valence-electron chi connectivity index (χ1n) is 6.41. The van der Waals surface area contributed by atoms with E-state index in [0.29, 0.717) is 6.42 Å². The molecule has 5 nitrogen and oxygen atoms in total. The lowest BCUT2D eigenvalue weighted by molar-refractivity contribution is 0.0675. The molecule has 1 aliphatic carbocycles. The van der Waals surface area contributed by atoms with Crippen LogP contribution in [0.25, 0.3) is 0 Å². The maximum absolute atomic E-state index is 12.1. The number of aliphatic hydroxyl groups excluding tert-OH is 1. The van der Waals surface area contributed by atoms with Crippen LogP contribution in [0, 0.1) is 0 Å². The third-order valence-electron chi connectivity index (χ3n) is 3.45. The van der Waals surface area contributed by atoms with E-state index in [1.807, 2.05) is 0 Å². The number of carbonyl (C=O) groups is 2. The maximum Gasteiger partial charge on any atom is 0.336 e. The van der Waals surface area contributed by atoms with Crippen molar-refractivity contribution in [1.29, 1.82) is 0 Å². The fraction of sp³-hybridized carbons (Fsp3) is 0.429. The topological polar surface area (TPSA) is 86.6 Å². The smallest absolute Gasteiger partial charge is 0.336 e. The van der Waals surface area contributed by atoms with Gasteiger partial charge in [-0.25, -0.2) is 4.79 Å². The van der Waals surface area contributed by atoms with E-state index in [2.05, 4.69) is 5.32 Å². The summed E-state index contributed by atoms with van der Waals surface area (Å²) in [5.74, 6) is -1.57. The zero-order chi connectivity index (χ0) is 13.8. The average molecular weight is 263 g/mol. The number of aromatic carboxylic acids is 1. The molecule has 0 radical (unpaired) electrons. The van der Waals surface area contributed by atoms with Crippen molar-refractivity contribution in [3.8, 4) is 0 Å². The van der Waals surface area contributed by atoms with Gasteiger partial charge in [-0.3, -0.25) is 4.79 Å². The lowest BCUT2D eigenvalue weighted by atomic mass is 9.92. The summed E-state index contributed by atoms with van der Waals surface area (Å²) in [7, 11) is 0. The Balaban J connectivity index is 2.13. The first-order chi connectivity index (χ1) is 9.09. The Labute approximate surface area is 111 Å². The van der Waals surface area contributed by atoms with Crippen LogP contribution in [-0.2, 0) is 0 Å². The van der Waals surface area contributed by atoms with Gasteiger partial charge in [-0.05, 0) is 25.0 Å². The van der Waals surface area contributed by atoms with E-state index in [9.17, 15) is 14.7 Å². The van der Waals surface area contributed by atoms with Gasteiger partial charge in [-0.1, -0.05) is 25.0 Å².